The highest BCUT2D eigenvalue weighted by molar-refractivity contribution is 6.21. The Labute approximate surface area is 260 Å². The van der Waals surface area contributed by atoms with Gasteiger partial charge in [0.05, 0.1) is 11.9 Å². The lowest BCUT2D eigenvalue weighted by molar-refractivity contribution is -0.256. The molecule has 3 aromatic rings. The van der Waals surface area contributed by atoms with Gasteiger partial charge in [0.25, 0.3) is 0 Å². The molecule has 0 saturated carbocycles. The van der Waals surface area contributed by atoms with Crippen LogP contribution in [0.4, 0.5) is 0 Å². The number of hydrogen-bond donors (Lipinski definition) is 0. The van der Waals surface area contributed by atoms with Crippen molar-refractivity contribution < 1.29 is 19.8 Å². The Morgan fingerprint density at radius 1 is 0.667 bits per heavy atom. The molecular weight excluding hydrogens is 571 g/mol. The lowest BCUT2D eigenvalue weighted by Gasteiger charge is -2.28. The molecule has 0 spiro atoms. The Balaban J connectivity index is 0.00000202. The summed E-state index contributed by atoms with van der Waals surface area (Å²) in [5, 5.41) is 26.1. The van der Waals surface area contributed by atoms with E-state index < -0.39 is 11.9 Å². The highest BCUT2D eigenvalue weighted by Crippen LogP contribution is 2.51. The SMILES string of the molecule is Cl.Cl.O=C([O-])c1ccc2c(c1)-c1cccc3c(C(=O)[O-])c(CCCN4CCCCC4)c(CCCN4CCCCC4)c-2c13. The van der Waals surface area contributed by atoms with Crippen LogP contribution in [0.25, 0.3) is 33.0 Å². The van der Waals surface area contributed by atoms with Crippen molar-refractivity contribution in [3.8, 4) is 22.3 Å². The average molecular weight is 612 g/mol. The first-order valence-corrected chi connectivity index (χ1v) is 15.2. The predicted octanol–water partition coefficient (Wildman–Crippen LogP) is 4.89. The van der Waals surface area contributed by atoms with Gasteiger partial charge in [0.1, 0.15) is 0 Å². The topological polar surface area (TPSA) is 86.7 Å². The molecule has 6 rings (SSSR count). The van der Waals surface area contributed by atoms with E-state index in [0.29, 0.717) is 17.4 Å². The molecule has 2 saturated heterocycles. The van der Waals surface area contributed by atoms with Gasteiger partial charge in [0.2, 0.25) is 0 Å². The summed E-state index contributed by atoms with van der Waals surface area (Å²) >= 11 is 0. The summed E-state index contributed by atoms with van der Waals surface area (Å²) < 4.78 is 0. The van der Waals surface area contributed by atoms with Crippen LogP contribution in [0.5, 0.6) is 0 Å². The van der Waals surface area contributed by atoms with Crippen LogP contribution in [0.1, 0.15) is 83.2 Å². The van der Waals surface area contributed by atoms with Crippen LogP contribution < -0.4 is 10.2 Å². The first kappa shape index (κ1) is 32.3. The average Bonchev–Trinajstić information content (AvgIpc) is 3.30. The summed E-state index contributed by atoms with van der Waals surface area (Å²) in [5.74, 6) is -2.33. The lowest BCUT2D eigenvalue weighted by Crippen LogP contribution is -2.31. The molecule has 0 radical (unpaired) electrons. The van der Waals surface area contributed by atoms with Gasteiger partial charge < -0.3 is 29.6 Å². The molecule has 3 aromatic carbocycles. The van der Waals surface area contributed by atoms with Gasteiger partial charge in [-0.05, 0) is 146 Å². The monoisotopic (exact) mass is 610 g/mol. The van der Waals surface area contributed by atoms with Crippen molar-refractivity contribution >= 4 is 47.5 Å². The highest BCUT2D eigenvalue weighted by atomic mass is 35.5. The Morgan fingerprint density at radius 2 is 1.26 bits per heavy atom. The van der Waals surface area contributed by atoms with Crippen LogP contribution in [0.15, 0.2) is 36.4 Å². The molecule has 42 heavy (non-hydrogen) atoms. The third-order valence-corrected chi connectivity index (χ3v) is 9.27. The number of aromatic carboxylic acids is 2. The number of likely N-dealkylation sites (tertiary alicyclic amines) is 2. The molecule has 2 fully saturated rings. The van der Waals surface area contributed by atoms with Gasteiger partial charge in [-0.1, -0.05) is 43.2 Å². The van der Waals surface area contributed by atoms with Crippen LogP contribution in [0.2, 0.25) is 0 Å². The maximum absolute atomic E-state index is 12.8. The first-order valence-electron chi connectivity index (χ1n) is 15.2. The predicted molar refractivity (Wildman–Crippen MR) is 169 cm³/mol. The molecule has 1 aliphatic carbocycles. The van der Waals surface area contributed by atoms with Gasteiger partial charge in [-0.15, -0.1) is 24.8 Å². The number of carboxylic acid groups (broad SMARTS) is 2. The molecule has 0 bridgehead atoms. The van der Waals surface area contributed by atoms with Crippen molar-refractivity contribution in [1.29, 1.82) is 0 Å². The molecule has 3 aliphatic rings. The number of halogens is 2. The third-order valence-electron chi connectivity index (χ3n) is 9.27. The standard InChI is InChI=1S/C34H40N2O4.2ClH/c37-33(38)23-14-15-27-29(22-23)26-10-7-11-28-31(26)30(27)24(12-8-20-35-16-3-1-4-17-35)25(32(28)34(39)40)13-9-21-36-18-5-2-6-19-36;;/h7,10-11,14-15,22H,1-6,8-9,12-13,16-21H2,(H,37,38)(H,39,40);2*1H/p-2. The van der Waals surface area contributed by atoms with E-state index in [-0.39, 0.29) is 30.4 Å². The second kappa shape index (κ2) is 14.2. The summed E-state index contributed by atoms with van der Waals surface area (Å²) in [7, 11) is 0. The normalized spacial score (nSPS) is 16.5. The van der Waals surface area contributed by atoms with Gasteiger partial charge in [0, 0.05) is 5.56 Å². The van der Waals surface area contributed by atoms with Crippen molar-refractivity contribution in [2.75, 3.05) is 39.3 Å². The number of carbonyl (C=O) groups is 2. The van der Waals surface area contributed by atoms with Crippen molar-refractivity contribution in [3.05, 3.63) is 58.7 Å². The zero-order chi connectivity index (χ0) is 27.6. The number of rotatable bonds is 10. The fourth-order valence-corrected chi connectivity index (χ4v) is 7.39. The van der Waals surface area contributed by atoms with E-state index in [9.17, 15) is 19.8 Å². The van der Waals surface area contributed by atoms with Gasteiger partial charge in [-0.25, -0.2) is 0 Å². The zero-order valence-corrected chi connectivity index (χ0v) is 25.8. The molecule has 2 aliphatic heterocycles. The third kappa shape index (κ3) is 6.33. The smallest absolute Gasteiger partial charge is 0.0724 e. The van der Waals surface area contributed by atoms with E-state index in [2.05, 4.69) is 9.80 Å². The van der Waals surface area contributed by atoms with Crippen molar-refractivity contribution in [2.45, 2.75) is 64.2 Å². The molecule has 0 amide bonds. The molecule has 6 nitrogen and oxygen atoms in total. The van der Waals surface area contributed by atoms with E-state index >= 15 is 0 Å². The maximum Gasteiger partial charge on any atom is 0.0724 e. The van der Waals surface area contributed by atoms with Crippen LogP contribution >= 0.6 is 24.8 Å². The van der Waals surface area contributed by atoms with E-state index in [1.165, 1.54) is 38.5 Å². The maximum atomic E-state index is 12.8. The van der Waals surface area contributed by atoms with Gasteiger partial charge in [0.15, 0.2) is 0 Å². The van der Waals surface area contributed by atoms with E-state index in [1.54, 1.807) is 12.1 Å². The van der Waals surface area contributed by atoms with E-state index in [4.69, 9.17) is 0 Å². The summed E-state index contributed by atoms with van der Waals surface area (Å²) in [4.78, 5) is 29.6. The number of hydrogen-bond acceptors (Lipinski definition) is 6. The lowest BCUT2D eigenvalue weighted by atomic mass is 9.84. The van der Waals surface area contributed by atoms with Gasteiger partial charge in [-0.3, -0.25) is 0 Å². The summed E-state index contributed by atoms with van der Waals surface area (Å²) in [5.41, 5.74) is 6.28. The fraction of sp³-hybridized carbons (Fsp3) is 0.471. The Morgan fingerprint density at radius 3 is 1.83 bits per heavy atom. The van der Waals surface area contributed by atoms with E-state index in [0.717, 1.165) is 97.3 Å². The fourth-order valence-electron chi connectivity index (χ4n) is 7.39. The van der Waals surface area contributed by atoms with Crippen molar-refractivity contribution in [3.63, 3.8) is 0 Å². The molecule has 226 valence electrons. The largest absolute Gasteiger partial charge is 0.545 e. The molecule has 8 heteroatoms. The minimum absolute atomic E-state index is 0. The molecule has 0 aromatic heterocycles. The van der Waals surface area contributed by atoms with Crippen LogP contribution in [-0.4, -0.2) is 61.0 Å². The molecular formula is C34H40Cl2N2O4-2. The number of fused-ring (bicyclic) bond motifs is 3. The van der Waals surface area contributed by atoms with Crippen molar-refractivity contribution in [1.82, 2.24) is 9.80 Å². The van der Waals surface area contributed by atoms with E-state index in [1.807, 2.05) is 24.3 Å². The summed E-state index contributed by atoms with van der Waals surface area (Å²) in [6, 6.07) is 10.9. The number of carboxylic acids is 2. The van der Waals surface area contributed by atoms with Gasteiger partial charge >= 0.3 is 0 Å². The minimum Gasteiger partial charge on any atom is -0.545 e. The van der Waals surface area contributed by atoms with Gasteiger partial charge in [-0.2, -0.15) is 0 Å². The Hall–Kier alpha value is -2.64. The minimum atomic E-state index is -1.21. The Kier molecular flexibility index (Phi) is 10.9. The highest BCUT2D eigenvalue weighted by Gasteiger charge is 2.29. The number of carbonyl (C=O) groups excluding carboxylic acids is 2. The second-order valence-electron chi connectivity index (χ2n) is 11.8. The molecule has 2 heterocycles. The number of nitrogens with zero attached hydrogens (tertiary/aromatic N) is 2. The molecule has 0 unspecified atom stereocenters. The van der Waals surface area contributed by atoms with Crippen LogP contribution in [0, 0.1) is 0 Å². The molecule has 0 N–H and O–H groups in total. The quantitative estimate of drug-likeness (QED) is 0.254. The zero-order valence-electron chi connectivity index (χ0n) is 24.1. The molecule has 0 atom stereocenters. The summed E-state index contributed by atoms with van der Waals surface area (Å²) in [6.45, 7) is 6.49. The first-order chi connectivity index (χ1) is 19.5. The number of benzene rings is 3. The second-order valence-corrected chi connectivity index (χ2v) is 11.8. The number of piperidine rings is 2. The Bertz CT molecular complexity index is 1450. The van der Waals surface area contributed by atoms with Crippen LogP contribution in [-0.2, 0) is 12.8 Å². The van der Waals surface area contributed by atoms with Crippen molar-refractivity contribution in [2.24, 2.45) is 0 Å². The van der Waals surface area contributed by atoms with Crippen LogP contribution in [0.3, 0.4) is 0 Å². The summed E-state index contributed by atoms with van der Waals surface area (Å²) in [6.07, 6.45) is 10.9.